The second-order valence-electron chi connectivity index (χ2n) is 23.4. The van der Waals surface area contributed by atoms with Gasteiger partial charge in [0.2, 0.25) is 0 Å². The molecule has 0 bridgehead atoms. The number of phosphoric acid groups is 1. The van der Waals surface area contributed by atoms with E-state index in [-0.39, 0.29) is 89.2 Å². The minimum absolute atomic E-state index is 0.0906. The van der Waals surface area contributed by atoms with Crippen molar-refractivity contribution < 1.29 is 75.3 Å². The third kappa shape index (κ3) is 19.0. The Kier molecular flexibility index (Phi) is 26.0. The standard InChI is InChI=1S/C69H93O16P/c1-34(2)64(70)77-40(13)28-55-46(19)56(29-41(14)78-65(71)35(3)4)50(23)61(49(55)22)83-86(76,84-62-51(24)57(30-42(15)79-66(72)36(5)6)47(20)58(52(62)25)31-43(16)80-67(73)37(7)8)85-63-53(26)59(32-44(17)81-68(74)38(9)10)48(21)60(54(63)27)33-45(18)82-69(75)39(11)12/h40-45H,1,3,5,7,9,11,28-33H2,2,4,6,8,10,12-27H3. The summed E-state index contributed by atoms with van der Waals surface area (Å²) in [4.78, 5) is 77.7. The van der Waals surface area contributed by atoms with Crippen molar-refractivity contribution >= 4 is 43.6 Å². The normalized spacial score (nSPS) is 13.9. The lowest BCUT2D eigenvalue weighted by atomic mass is 9.87. The van der Waals surface area contributed by atoms with Crippen LogP contribution in [0.1, 0.15) is 167 Å². The zero-order chi connectivity index (χ0) is 65.9. The molecule has 0 N–H and O–H groups in total. The maximum Gasteiger partial charge on any atom is 0.647 e. The van der Waals surface area contributed by atoms with E-state index in [0.29, 0.717) is 66.8 Å². The van der Waals surface area contributed by atoms with E-state index < -0.39 is 80.3 Å². The number of carbonyl (C=O) groups is 6. The topological polar surface area (TPSA) is 203 Å². The van der Waals surface area contributed by atoms with E-state index in [9.17, 15) is 28.8 Å². The smallest absolute Gasteiger partial charge is 0.459 e. The Balaban J connectivity index is 2.71. The molecule has 6 atom stereocenters. The van der Waals surface area contributed by atoms with E-state index in [1.54, 1.807) is 125 Å². The molecule has 0 radical (unpaired) electrons. The van der Waals surface area contributed by atoms with Crippen molar-refractivity contribution in [1.82, 2.24) is 0 Å². The van der Waals surface area contributed by atoms with Gasteiger partial charge in [0.25, 0.3) is 0 Å². The van der Waals surface area contributed by atoms with E-state index in [1.807, 2.05) is 20.8 Å². The molecule has 0 saturated heterocycles. The summed E-state index contributed by atoms with van der Waals surface area (Å²) < 4.78 is 73.1. The lowest BCUT2D eigenvalue weighted by molar-refractivity contribution is -0.144. The third-order valence-electron chi connectivity index (χ3n) is 15.0. The Bertz CT molecular complexity index is 2770. The lowest BCUT2D eigenvalue weighted by Gasteiger charge is -2.30. The minimum Gasteiger partial charge on any atom is -0.459 e. The summed E-state index contributed by atoms with van der Waals surface area (Å²) in [5.74, 6) is -3.27. The minimum atomic E-state index is -5.21. The van der Waals surface area contributed by atoms with Crippen LogP contribution < -0.4 is 13.6 Å². The summed E-state index contributed by atoms with van der Waals surface area (Å²) in [6.07, 6.45) is -3.29. The summed E-state index contributed by atoms with van der Waals surface area (Å²) in [5, 5.41) is 0. The molecule has 0 heterocycles. The highest BCUT2D eigenvalue weighted by Crippen LogP contribution is 2.56. The molecular weight excluding hydrogens is 1120 g/mol. The van der Waals surface area contributed by atoms with Gasteiger partial charge in [-0.3, -0.25) is 0 Å². The summed E-state index contributed by atoms with van der Waals surface area (Å²) in [6.45, 7) is 58.7. The first-order chi connectivity index (χ1) is 39.6. The molecule has 0 aliphatic carbocycles. The number of rotatable bonds is 30. The summed E-state index contributed by atoms with van der Waals surface area (Å²) in [6, 6.07) is 0. The Morgan fingerprint density at radius 3 is 0.535 bits per heavy atom. The highest BCUT2D eigenvalue weighted by atomic mass is 31.2. The number of esters is 6. The predicted octanol–water partition coefficient (Wildman–Crippen LogP) is 14.4. The van der Waals surface area contributed by atoms with Gasteiger partial charge in [-0.05, 0) is 229 Å². The molecule has 17 heteroatoms. The van der Waals surface area contributed by atoms with Gasteiger partial charge >= 0.3 is 43.6 Å². The highest BCUT2D eigenvalue weighted by molar-refractivity contribution is 7.49. The average Bonchev–Trinajstić information content (AvgIpc) is 1.16. The Morgan fingerprint density at radius 1 is 0.291 bits per heavy atom. The molecule has 3 aromatic rings. The first kappa shape index (κ1) is 72.8. The fraction of sp³-hybridized carbons (Fsp3) is 0.478. The van der Waals surface area contributed by atoms with Crippen molar-refractivity contribution in [2.24, 2.45) is 0 Å². The van der Waals surface area contributed by atoms with Gasteiger partial charge < -0.3 is 42.0 Å². The quantitative estimate of drug-likeness (QED) is 0.0264. The SMILES string of the molecule is C=C(C)C(=O)OC(C)Cc1c(C)c(CC(C)OC(=O)C(=C)C)c(C)c(OP(=O)(Oc2c(C)c(CC(C)OC(=O)C(=C)C)c(C)c(CC(C)OC(=O)C(=C)C)c2C)Oc2c(C)c(CC(C)OC(=O)C(=C)C)c(C)c(CC(C)OC(=O)C(=C)C)c2C)c1C. The summed E-state index contributed by atoms with van der Waals surface area (Å²) in [7, 11) is -5.21. The number of benzene rings is 3. The number of ether oxygens (including phenoxy) is 6. The first-order valence-electron chi connectivity index (χ1n) is 28.9. The first-order valence-corrected chi connectivity index (χ1v) is 30.3. The van der Waals surface area contributed by atoms with Gasteiger partial charge in [-0.25, -0.2) is 28.8 Å². The van der Waals surface area contributed by atoms with Crippen LogP contribution in [0.3, 0.4) is 0 Å². The van der Waals surface area contributed by atoms with E-state index in [0.717, 1.165) is 16.7 Å². The second-order valence-corrected chi connectivity index (χ2v) is 24.8. The van der Waals surface area contributed by atoms with Crippen LogP contribution in [0.2, 0.25) is 0 Å². The van der Waals surface area contributed by atoms with Crippen LogP contribution in [0.4, 0.5) is 0 Å². The van der Waals surface area contributed by atoms with Crippen molar-refractivity contribution in [1.29, 1.82) is 0 Å². The Hall–Kier alpha value is -7.45. The van der Waals surface area contributed by atoms with Gasteiger partial charge in [0.15, 0.2) is 0 Å². The van der Waals surface area contributed by atoms with Crippen LogP contribution >= 0.6 is 7.82 Å². The van der Waals surface area contributed by atoms with Crippen LogP contribution in [0.5, 0.6) is 17.2 Å². The molecule has 470 valence electrons. The summed E-state index contributed by atoms with van der Waals surface area (Å²) in [5.41, 5.74) is 10.6. The van der Waals surface area contributed by atoms with Gasteiger partial charge in [-0.15, -0.1) is 0 Å². The molecule has 0 saturated carbocycles. The predicted molar refractivity (Wildman–Crippen MR) is 336 cm³/mol. The van der Waals surface area contributed by atoms with Crippen molar-refractivity contribution in [3.05, 3.63) is 156 Å². The molecule has 86 heavy (non-hydrogen) atoms. The van der Waals surface area contributed by atoms with Gasteiger partial charge in [0.1, 0.15) is 53.9 Å². The van der Waals surface area contributed by atoms with Crippen molar-refractivity contribution in [3.8, 4) is 17.2 Å². The van der Waals surface area contributed by atoms with Crippen molar-refractivity contribution in [3.63, 3.8) is 0 Å². The van der Waals surface area contributed by atoms with Gasteiger partial charge in [0, 0.05) is 72.0 Å². The maximum atomic E-state index is 17.1. The fourth-order valence-electron chi connectivity index (χ4n) is 10.2. The van der Waals surface area contributed by atoms with Crippen molar-refractivity contribution in [2.75, 3.05) is 0 Å². The van der Waals surface area contributed by atoms with E-state index in [2.05, 4.69) is 39.5 Å². The van der Waals surface area contributed by atoms with E-state index in [1.165, 1.54) is 0 Å². The van der Waals surface area contributed by atoms with E-state index in [4.69, 9.17) is 42.0 Å². The molecule has 3 rings (SSSR count). The number of carbonyl (C=O) groups excluding carboxylic acids is 6. The zero-order valence-corrected chi connectivity index (χ0v) is 55.8. The van der Waals surface area contributed by atoms with Crippen molar-refractivity contribution in [2.45, 2.75) is 221 Å². The molecule has 6 unspecified atom stereocenters. The summed E-state index contributed by atoms with van der Waals surface area (Å²) >= 11 is 0. The number of hydrogen-bond donors (Lipinski definition) is 0. The molecule has 0 amide bonds. The molecule has 0 aliphatic heterocycles. The molecule has 0 aromatic heterocycles. The molecule has 0 spiro atoms. The van der Waals surface area contributed by atoms with E-state index >= 15 is 4.57 Å². The largest absolute Gasteiger partial charge is 0.647 e. The zero-order valence-electron chi connectivity index (χ0n) is 54.9. The highest BCUT2D eigenvalue weighted by Gasteiger charge is 2.40. The fourth-order valence-corrected chi connectivity index (χ4v) is 11.8. The molecule has 16 nitrogen and oxygen atoms in total. The molecule has 0 fully saturated rings. The van der Waals surface area contributed by atoms with Crippen LogP contribution in [-0.4, -0.2) is 72.4 Å². The average molecular weight is 1210 g/mol. The van der Waals surface area contributed by atoms with Crippen LogP contribution in [-0.2, 0) is 100 Å². The number of hydrogen-bond acceptors (Lipinski definition) is 16. The molecule has 0 aliphatic rings. The van der Waals surface area contributed by atoms with Crippen LogP contribution in [0, 0.1) is 62.3 Å². The third-order valence-corrected chi connectivity index (χ3v) is 16.2. The van der Waals surface area contributed by atoms with Crippen LogP contribution in [0.25, 0.3) is 0 Å². The van der Waals surface area contributed by atoms with Crippen LogP contribution in [0.15, 0.2) is 72.9 Å². The van der Waals surface area contributed by atoms with Gasteiger partial charge in [-0.1, -0.05) is 39.5 Å². The lowest BCUT2D eigenvalue weighted by Crippen LogP contribution is -2.23. The monoisotopic (exact) mass is 1210 g/mol. The Labute approximate surface area is 511 Å². The second kappa shape index (κ2) is 30.8. The number of phosphoric ester groups is 1. The molecular formula is C69H93O16P. The Morgan fingerprint density at radius 2 is 0.419 bits per heavy atom. The van der Waals surface area contributed by atoms with Gasteiger partial charge in [-0.2, -0.15) is 4.57 Å². The van der Waals surface area contributed by atoms with Gasteiger partial charge in [0.05, 0.1) is 0 Å². The molecule has 3 aromatic carbocycles. The maximum absolute atomic E-state index is 17.1.